The number of ether oxygens (including phenoxy) is 3. The third-order valence-electron chi connectivity index (χ3n) is 10.1. The highest BCUT2D eigenvalue weighted by Crippen LogP contribution is 2.11. The Labute approximate surface area is 404 Å². The van der Waals surface area contributed by atoms with Crippen LogP contribution in [0.4, 0.5) is 0 Å². The Morgan fingerprint density at radius 1 is 0.318 bits per heavy atom. The monoisotopic (exact) mass is 909 g/mol. The van der Waals surface area contributed by atoms with Crippen LogP contribution >= 0.6 is 0 Å². The molecule has 0 spiro atoms. The van der Waals surface area contributed by atoms with Crippen molar-refractivity contribution in [3.05, 3.63) is 146 Å². The largest absolute Gasteiger partial charge is 0.462 e. The van der Waals surface area contributed by atoms with Crippen molar-refractivity contribution in [1.82, 2.24) is 0 Å². The van der Waals surface area contributed by atoms with Gasteiger partial charge in [-0.25, -0.2) is 0 Å². The number of unbranched alkanes of at least 4 members (excludes halogenated alkanes) is 9. The van der Waals surface area contributed by atoms with Crippen molar-refractivity contribution in [2.75, 3.05) is 13.2 Å². The van der Waals surface area contributed by atoms with Gasteiger partial charge in [0.2, 0.25) is 0 Å². The van der Waals surface area contributed by atoms with Crippen molar-refractivity contribution >= 4 is 17.9 Å². The van der Waals surface area contributed by atoms with Crippen molar-refractivity contribution < 1.29 is 28.6 Å². The molecule has 0 aliphatic rings. The summed E-state index contributed by atoms with van der Waals surface area (Å²) in [4.78, 5) is 37.8. The number of esters is 3. The fraction of sp³-hybridized carbons (Fsp3) is 0.550. The molecular weight excluding hydrogens is 817 g/mol. The number of hydrogen-bond donors (Lipinski definition) is 0. The third kappa shape index (κ3) is 50.3. The first-order valence-electron chi connectivity index (χ1n) is 25.8. The van der Waals surface area contributed by atoms with Crippen LogP contribution in [0.15, 0.2) is 146 Å². The van der Waals surface area contributed by atoms with E-state index >= 15 is 0 Å². The number of carbonyl (C=O) groups is 3. The van der Waals surface area contributed by atoms with Crippen LogP contribution in [0.25, 0.3) is 0 Å². The van der Waals surface area contributed by atoms with Crippen LogP contribution in [-0.4, -0.2) is 37.2 Å². The number of rotatable bonds is 44. The first kappa shape index (κ1) is 61.3. The molecule has 0 rings (SSSR count). The smallest absolute Gasteiger partial charge is 0.306 e. The quantitative estimate of drug-likeness (QED) is 0.0262. The van der Waals surface area contributed by atoms with E-state index in [2.05, 4.69) is 154 Å². The first-order valence-corrected chi connectivity index (χ1v) is 25.8. The van der Waals surface area contributed by atoms with Crippen molar-refractivity contribution in [3.8, 4) is 0 Å². The minimum atomic E-state index is -0.838. The lowest BCUT2D eigenvalue weighted by Crippen LogP contribution is -2.30. The SMILES string of the molecule is CC/C=C\C/C=C\C/C=C\C/C=C\C/C=C\C/C=C\C/C=C\CCCCCC(=O)OCC(COC(=O)CCCCCCC/C=C\CCC)OC(=O)CC/C=C\C/C=C\C/C=C\C/C=C\CC. The molecule has 0 aromatic rings. The number of hydrogen-bond acceptors (Lipinski definition) is 6. The normalized spacial score (nSPS) is 13.3. The predicted octanol–water partition coefficient (Wildman–Crippen LogP) is 17.3. The molecule has 0 fully saturated rings. The van der Waals surface area contributed by atoms with E-state index in [0.29, 0.717) is 19.3 Å². The highest BCUT2D eigenvalue weighted by molar-refractivity contribution is 5.71. The molecule has 6 nitrogen and oxygen atoms in total. The van der Waals surface area contributed by atoms with Crippen molar-refractivity contribution in [3.63, 3.8) is 0 Å². The van der Waals surface area contributed by atoms with Gasteiger partial charge < -0.3 is 14.2 Å². The second kappa shape index (κ2) is 52.9. The van der Waals surface area contributed by atoms with Crippen LogP contribution in [0.5, 0.6) is 0 Å². The zero-order chi connectivity index (χ0) is 47.9. The molecule has 1 atom stereocenters. The Kier molecular flexibility index (Phi) is 49.1. The van der Waals surface area contributed by atoms with Gasteiger partial charge in [-0.3, -0.25) is 14.4 Å². The van der Waals surface area contributed by atoms with Crippen molar-refractivity contribution in [2.45, 2.75) is 200 Å². The molecule has 0 aromatic heterocycles. The molecule has 368 valence electrons. The first-order chi connectivity index (χ1) is 32.5. The van der Waals surface area contributed by atoms with Gasteiger partial charge in [-0.05, 0) is 122 Å². The molecule has 1 unspecified atom stereocenters. The fourth-order valence-corrected chi connectivity index (χ4v) is 6.26. The Bertz CT molecular complexity index is 1510. The number of allylic oxidation sites excluding steroid dienone is 24. The van der Waals surface area contributed by atoms with Gasteiger partial charge in [-0.1, -0.05) is 199 Å². The Hall–Kier alpha value is -4.71. The van der Waals surface area contributed by atoms with Gasteiger partial charge in [-0.2, -0.15) is 0 Å². The molecule has 0 aliphatic heterocycles. The summed E-state index contributed by atoms with van der Waals surface area (Å²) in [6.07, 6.45) is 75.7. The van der Waals surface area contributed by atoms with Gasteiger partial charge in [0.15, 0.2) is 6.10 Å². The van der Waals surface area contributed by atoms with E-state index in [-0.39, 0.29) is 31.6 Å². The van der Waals surface area contributed by atoms with Crippen molar-refractivity contribution in [1.29, 1.82) is 0 Å². The zero-order valence-electron chi connectivity index (χ0n) is 41.9. The summed E-state index contributed by atoms with van der Waals surface area (Å²) in [6.45, 7) is 6.21. The summed E-state index contributed by atoms with van der Waals surface area (Å²) in [6, 6.07) is 0. The molecule has 0 amide bonds. The number of carbonyl (C=O) groups excluding carboxylic acids is 3. The minimum absolute atomic E-state index is 0.128. The van der Waals surface area contributed by atoms with E-state index in [9.17, 15) is 14.4 Å². The van der Waals surface area contributed by atoms with Crippen LogP contribution in [0.1, 0.15) is 194 Å². The maximum atomic E-state index is 12.7. The van der Waals surface area contributed by atoms with Gasteiger partial charge >= 0.3 is 17.9 Å². The highest BCUT2D eigenvalue weighted by Gasteiger charge is 2.19. The van der Waals surface area contributed by atoms with Crippen LogP contribution in [0, 0.1) is 0 Å². The second-order valence-electron chi connectivity index (χ2n) is 16.3. The lowest BCUT2D eigenvalue weighted by molar-refractivity contribution is -0.166. The summed E-state index contributed by atoms with van der Waals surface area (Å²) in [5.74, 6) is -1.07. The molecule has 66 heavy (non-hydrogen) atoms. The Balaban J connectivity index is 4.46. The molecule has 6 heteroatoms. The van der Waals surface area contributed by atoms with Gasteiger partial charge in [0, 0.05) is 19.3 Å². The van der Waals surface area contributed by atoms with E-state index in [4.69, 9.17) is 14.2 Å². The van der Waals surface area contributed by atoms with E-state index in [1.165, 1.54) is 12.8 Å². The molecule has 0 heterocycles. The molecule has 0 saturated heterocycles. The van der Waals surface area contributed by atoms with Gasteiger partial charge in [0.25, 0.3) is 0 Å². The predicted molar refractivity (Wildman–Crippen MR) is 283 cm³/mol. The van der Waals surface area contributed by atoms with Gasteiger partial charge in [0.05, 0.1) is 0 Å². The van der Waals surface area contributed by atoms with Crippen molar-refractivity contribution in [2.24, 2.45) is 0 Å². The molecule has 0 bridgehead atoms. The van der Waals surface area contributed by atoms with Crippen LogP contribution in [-0.2, 0) is 28.6 Å². The summed E-state index contributed by atoms with van der Waals surface area (Å²) in [7, 11) is 0. The van der Waals surface area contributed by atoms with E-state index in [0.717, 1.165) is 135 Å². The average molecular weight is 909 g/mol. The third-order valence-corrected chi connectivity index (χ3v) is 10.1. The van der Waals surface area contributed by atoms with Gasteiger partial charge in [-0.15, -0.1) is 0 Å². The maximum Gasteiger partial charge on any atom is 0.306 e. The van der Waals surface area contributed by atoms with Gasteiger partial charge in [0.1, 0.15) is 13.2 Å². The van der Waals surface area contributed by atoms with Crippen LogP contribution in [0.2, 0.25) is 0 Å². The van der Waals surface area contributed by atoms with E-state index in [1.54, 1.807) is 0 Å². The lowest BCUT2D eigenvalue weighted by Gasteiger charge is -2.18. The fourth-order valence-electron chi connectivity index (χ4n) is 6.26. The summed E-state index contributed by atoms with van der Waals surface area (Å²) >= 11 is 0. The topological polar surface area (TPSA) is 78.9 Å². The van der Waals surface area contributed by atoms with Crippen LogP contribution in [0.3, 0.4) is 0 Å². The lowest BCUT2D eigenvalue weighted by atomic mass is 10.1. The van der Waals surface area contributed by atoms with Crippen LogP contribution < -0.4 is 0 Å². The summed E-state index contributed by atoms with van der Waals surface area (Å²) in [5.41, 5.74) is 0. The summed E-state index contributed by atoms with van der Waals surface area (Å²) < 4.78 is 16.6. The van der Waals surface area contributed by atoms with E-state index < -0.39 is 12.1 Å². The average Bonchev–Trinajstić information content (AvgIpc) is 3.31. The molecule has 0 aliphatic carbocycles. The molecule has 0 radical (unpaired) electrons. The maximum absolute atomic E-state index is 12.7. The molecule has 0 N–H and O–H groups in total. The molecule has 0 saturated carbocycles. The zero-order valence-corrected chi connectivity index (χ0v) is 41.9. The minimum Gasteiger partial charge on any atom is -0.462 e. The highest BCUT2D eigenvalue weighted by atomic mass is 16.6. The molecular formula is C60H92O6. The molecule has 0 aromatic carbocycles. The summed E-state index contributed by atoms with van der Waals surface area (Å²) in [5, 5.41) is 0. The Morgan fingerprint density at radius 3 is 1.02 bits per heavy atom. The van der Waals surface area contributed by atoms with E-state index in [1.807, 2.05) is 12.2 Å². The Morgan fingerprint density at radius 2 is 0.621 bits per heavy atom. The standard InChI is InChI=1S/C60H92O6/c1-4-7-10-13-16-19-22-24-25-26-27-28-29-30-31-32-33-34-35-37-38-41-44-47-50-53-59(62)65-56-57(55-64-58(61)52-49-46-43-40-21-18-15-12-9-6-3)66-60(63)54-51-48-45-42-39-36-23-20-17-14-11-8-5-2/h7-8,10-12,15-17,19-20,24-25,27-28,30-31,33-34,36-39,45,48,57H,4-6,9,13-14,18,21-23,26,29,32,35,40-44,46-47,49-56H2,1-3H3/b10-7-,11-8-,15-12-,19-16-,20-17-,25-24-,28-27-,31-30-,34-33-,38-37-,39-36-,48-45-. The second-order valence-corrected chi connectivity index (χ2v) is 16.3.